The van der Waals surface area contributed by atoms with Crippen LogP contribution in [0.2, 0.25) is 0 Å². The Kier molecular flexibility index (Phi) is 2.76. The Morgan fingerprint density at radius 3 is 3.06 bits per heavy atom. The van der Waals surface area contributed by atoms with E-state index in [1.807, 2.05) is 6.92 Å². The van der Waals surface area contributed by atoms with Crippen LogP contribution in [0.1, 0.15) is 19.8 Å². The zero-order valence-corrected chi connectivity index (χ0v) is 8.87. The molecule has 1 amide bonds. The van der Waals surface area contributed by atoms with Gasteiger partial charge in [-0.3, -0.25) is 9.78 Å². The van der Waals surface area contributed by atoms with Gasteiger partial charge >= 0.3 is 5.76 Å². The molecule has 0 aliphatic carbocycles. The summed E-state index contributed by atoms with van der Waals surface area (Å²) in [5.74, 6) is -0.528. The van der Waals surface area contributed by atoms with E-state index in [0.29, 0.717) is 23.2 Å². The number of carbonyl (C=O) groups excluding carboxylic acids is 1. The van der Waals surface area contributed by atoms with Crippen LogP contribution in [0.5, 0.6) is 0 Å². The van der Waals surface area contributed by atoms with Gasteiger partial charge in [0, 0.05) is 12.1 Å². The number of nitrogens with one attached hydrogen (secondary N) is 2. The van der Waals surface area contributed by atoms with E-state index >= 15 is 0 Å². The lowest BCUT2D eigenvalue weighted by Crippen LogP contribution is -2.10. The Morgan fingerprint density at radius 1 is 1.50 bits per heavy atom. The average molecular weight is 220 g/mol. The van der Waals surface area contributed by atoms with Gasteiger partial charge in [0.25, 0.3) is 0 Å². The molecule has 1 aromatic heterocycles. The lowest BCUT2D eigenvalue weighted by atomic mass is 10.2. The minimum Gasteiger partial charge on any atom is -0.408 e. The van der Waals surface area contributed by atoms with Gasteiger partial charge in [-0.05, 0) is 24.6 Å². The van der Waals surface area contributed by atoms with E-state index in [9.17, 15) is 9.59 Å². The van der Waals surface area contributed by atoms with Gasteiger partial charge in [0.2, 0.25) is 5.91 Å². The number of carbonyl (C=O) groups is 1. The molecule has 84 valence electrons. The van der Waals surface area contributed by atoms with Crippen molar-refractivity contribution in [3.05, 3.63) is 28.7 Å². The second kappa shape index (κ2) is 4.22. The molecule has 2 aromatic rings. The van der Waals surface area contributed by atoms with Gasteiger partial charge in [-0.15, -0.1) is 0 Å². The molecule has 5 heteroatoms. The largest absolute Gasteiger partial charge is 0.417 e. The molecule has 2 N–H and O–H groups in total. The molecule has 0 atom stereocenters. The molecule has 0 radical (unpaired) electrons. The van der Waals surface area contributed by atoms with E-state index in [4.69, 9.17) is 4.42 Å². The molecule has 2 rings (SSSR count). The second-order valence-electron chi connectivity index (χ2n) is 3.52. The summed E-state index contributed by atoms with van der Waals surface area (Å²) in [5.41, 5.74) is 1.72. The van der Waals surface area contributed by atoms with E-state index in [2.05, 4.69) is 10.3 Å². The summed E-state index contributed by atoms with van der Waals surface area (Å²) in [4.78, 5) is 24.8. The maximum absolute atomic E-state index is 11.3. The summed E-state index contributed by atoms with van der Waals surface area (Å²) in [7, 11) is 0. The summed E-state index contributed by atoms with van der Waals surface area (Å²) >= 11 is 0. The lowest BCUT2D eigenvalue weighted by Gasteiger charge is -2.03. The Bertz CT molecular complexity index is 568. The van der Waals surface area contributed by atoms with Gasteiger partial charge < -0.3 is 9.73 Å². The van der Waals surface area contributed by atoms with Crippen molar-refractivity contribution in [1.82, 2.24) is 4.98 Å². The first kappa shape index (κ1) is 10.5. The predicted octanol–water partition coefficient (Wildman–Crippen LogP) is 1.86. The van der Waals surface area contributed by atoms with Crippen LogP contribution in [0.25, 0.3) is 11.1 Å². The molecule has 1 aromatic carbocycles. The van der Waals surface area contributed by atoms with Crippen molar-refractivity contribution < 1.29 is 9.21 Å². The van der Waals surface area contributed by atoms with Crippen LogP contribution < -0.4 is 11.1 Å². The lowest BCUT2D eigenvalue weighted by molar-refractivity contribution is -0.116. The summed E-state index contributed by atoms with van der Waals surface area (Å²) in [6.07, 6.45) is 1.29. The van der Waals surface area contributed by atoms with E-state index in [1.54, 1.807) is 18.2 Å². The molecule has 0 bridgehead atoms. The van der Waals surface area contributed by atoms with Gasteiger partial charge in [0.15, 0.2) is 5.58 Å². The van der Waals surface area contributed by atoms with Crippen molar-refractivity contribution in [3.8, 4) is 0 Å². The van der Waals surface area contributed by atoms with Gasteiger partial charge in [-0.25, -0.2) is 4.79 Å². The number of oxazole rings is 1. The highest BCUT2D eigenvalue weighted by Gasteiger charge is 2.04. The third-order valence-electron chi connectivity index (χ3n) is 2.18. The van der Waals surface area contributed by atoms with Gasteiger partial charge in [0.05, 0.1) is 5.52 Å². The molecule has 0 spiro atoms. The third kappa shape index (κ3) is 2.13. The minimum absolute atomic E-state index is 0.0345. The monoisotopic (exact) mass is 220 g/mol. The number of H-pyrrole nitrogens is 1. The molecule has 0 aliphatic rings. The van der Waals surface area contributed by atoms with Crippen molar-refractivity contribution in [2.45, 2.75) is 19.8 Å². The normalized spacial score (nSPS) is 10.6. The smallest absolute Gasteiger partial charge is 0.408 e. The van der Waals surface area contributed by atoms with Crippen LogP contribution in [-0.4, -0.2) is 10.9 Å². The minimum atomic E-state index is -0.493. The topological polar surface area (TPSA) is 75.1 Å². The zero-order chi connectivity index (χ0) is 11.5. The van der Waals surface area contributed by atoms with Crippen LogP contribution >= 0.6 is 0 Å². The molecule has 0 saturated heterocycles. The van der Waals surface area contributed by atoms with Crippen molar-refractivity contribution >= 4 is 22.7 Å². The molecule has 0 aliphatic heterocycles. The number of amides is 1. The molecule has 0 unspecified atom stereocenters. The molecular weight excluding hydrogens is 208 g/mol. The molecule has 16 heavy (non-hydrogen) atoms. The van der Waals surface area contributed by atoms with E-state index in [1.165, 1.54) is 0 Å². The fourth-order valence-electron chi connectivity index (χ4n) is 1.48. The first-order valence-corrected chi connectivity index (χ1v) is 5.12. The maximum atomic E-state index is 11.3. The van der Waals surface area contributed by atoms with Crippen LogP contribution in [0.3, 0.4) is 0 Å². The number of fused-ring (bicyclic) bond motifs is 1. The molecular formula is C11H12N2O3. The predicted molar refractivity (Wildman–Crippen MR) is 60.4 cm³/mol. The van der Waals surface area contributed by atoms with Crippen LogP contribution in [0.15, 0.2) is 27.4 Å². The Hall–Kier alpha value is -2.04. The van der Waals surface area contributed by atoms with E-state index < -0.39 is 5.76 Å². The quantitative estimate of drug-likeness (QED) is 0.828. The first-order valence-electron chi connectivity index (χ1n) is 5.12. The fourth-order valence-corrected chi connectivity index (χ4v) is 1.48. The van der Waals surface area contributed by atoms with E-state index in [0.717, 1.165) is 6.42 Å². The number of hydrogen-bond acceptors (Lipinski definition) is 3. The van der Waals surface area contributed by atoms with Gasteiger partial charge in [-0.2, -0.15) is 0 Å². The van der Waals surface area contributed by atoms with Crippen LogP contribution in [0, 0.1) is 0 Å². The summed E-state index contributed by atoms with van der Waals surface area (Å²) in [5, 5.41) is 2.74. The van der Waals surface area contributed by atoms with Crippen molar-refractivity contribution in [2.24, 2.45) is 0 Å². The molecule has 0 fully saturated rings. The highest BCUT2D eigenvalue weighted by Crippen LogP contribution is 2.16. The van der Waals surface area contributed by atoms with Crippen LogP contribution in [0.4, 0.5) is 5.69 Å². The number of hydrogen-bond donors (Lipinski definition) is 2. The number of benzene rings is 1. The molecule has 5 nitrogen and oxygen atoms in total. The van der Waals surface area contributed by atoms with Crippen molar-refractivity contribution in [2.75, 3.05) is 5.32 Å². The van der Waals surface area contributed by atoms with E-state index in [-0.39, 0.29) is 5.91 Å². The number of rotatable bonds is 3. The third-order valence-corrected chi connectivity index (χ3v) is 2.18. The summed E-state index contributed by atoms with van der Waals surface area (Å²) in [6.45, 7) is 1.94. The van der Waals surface area contributed by atoms with Crippen LogP contribution in [-0.2, 0) is 4.79 Å². The molecule has 1 heterocycles. The fraction of sp³-hybridized carbons (Fsp3) is 0.273. The zero-order valence-electron chi connectivity index (χ0n) is 8.87. The van der Waals surface area contributed by atoms with Crippen molar-refractivity contribution in [3.63, 3.8) is 0 Å². The van der Waals surface area contributed by atoms with Crippen molar-refractivity contribution in [1.29, 1.82) is 0 Å². The summed E-state index contributed by atoms with van der Waals surface area (Å²) < 4.78 is 4.85. The first-order chi connectivity index (χ1) is 7.69. The Labute approximate surface area is 91.5 Å². The second-order valence-corrected chi connectivity index (χ2v) is 3.52. The standard InChI is InChI=1S/C11H12N2O3/c1-2-3-10(14)12-7-4-5-9-8(6-7)13-11(15)16-9/h4-6H,2-3H2,1H3,(H,12,14)(H,13,15). The number of aromatic nitrogens is 1. The Morgan fingerprint density at radius 2 is 2.31 bits per heavy atom. The molecule has 0 saturated carbocycles. The highest BCUT2D eigenvalue weighted by molar-refractivity contribution is 5.92. The van der Waals surface area contributed by atoms with Gasteiger partial charge in [0.1, 0.15) is 0 Å². The number of anilines is 1. The number of aromatic amines is 1. The maximum Gasteiger partial charge on any atom is 0.417 e. The van der Waals surface area contributed by atoms with Gasteiger partial charge in [-0.1, -0.05) is 6.92 Å². The summed E-state index contributed by atoms with van der Waals surface area (Å²) in [6, 6.07) is 5.02. The average Bonchev–Trinajstić information content (AvgIpc) is 2.57. The highest BCUT2D eigenvalue weighted by atomic mass is 16.4. The SMILES string of the molecule is CCCC(=O)Nc1ccc2oc(=O)[nH]c2c1. The Balaban J connectivity index is 2.25.